The van der Waals surface area contributed by atoms with Crippen molar-refractivity contribution in [3.05, 3.63) is 60.1 Å². The van der Waals surface area contributed by atoms with Crippen molar-refractivity contribution in [2.24, 2.45) is 11.3 Å². The molecular formula is C20H22O5. The molecule has 1 aliphatic heterocycles. The molecular weight excluding hydrogens is 320 g/mol. The van der Waals surface area contributed by atoms with E-state index in [0.29, 0.717) is 31.3 Å². The number of carboxylic acids is 1. The molecule has 1 aromatic rings. The molecule has 132 valence electrons. The smallest absolute Gasteiger partial charge is 0.335 e. The third-order valence-electron chi connectivity index (χ3n) is 5.28. The van der Waals surface area contributed by atoms with E-state index in [1.165, 1.54) is 0 Å². The molecule has 5 nitrogen and oxygen atoms in total. The van der Waals surface area contributed by atoms with Crippen LogP contribution >= 0.6 is 0 Å². The van der Waals surface area contributed by atoms with Gasteiger partial charge in [-0.3, -0.25) is 4.79 Å². The lowest BCUT2D eigenvalue weighted by Gasteiger charge is -2.43. The zero-order valence-corrected chi connectivity index (χ0v) is 14.2. The van der Waals surface area contributed by atoms with Crippen molar-refractivity contribution in [3.8, 4) is 0 Å². The summed E-state index contributed by atoms with van der Waals surface area (Å²) in [6, 6.07) is 1.82. The third-order valence-corrected chi connectivity index (χ3v) is 5.28. The first-order valence-corrected chi connectivity index (χ1v) is 8.41. The van der Waals surface area contributed by atoms with E-state index in [2.05, 4.69) is 13.5 Å². The number of cyclic esters (lactones) is 1. The number of fused-ring (bicyclic) bond motifs is 1. The van der Waals surface area contributed by atoms with Crippen LogP contribution in [0.15, 0.2) is 59.0 Å². The number of hydrogen-bond acceptors (Lipinski definition) is 4. The molecule has 0 radical (unpaired) electrons. The van der Waals surface area contributed by atoms with Gasteiger partial charge in [0.15, 0.2) is 0 Å². The molecule has 2 heterocycles. The van der Waals surface area contributed by atoms with Crippen molar-refractivity contribution in [1.29, 1.82) is 0 Å². The van der Waals surface area contributed by atoms with Crippen molar-refractivity contribution in [2.75, 3.05) is 0 Å². The monoisotopic (exact) mass is 342 g/mol. The Morgan fingerprint density at radius 3 is 2.92 bits per heavy atom. The number of hydrogen-bond donors (Lipinski definition) is 1. The van der Waals surface area contributed by atoms with Crippen LogP contribution in [-0.2, 0) is 14.3 Å². The van der Waals surface area contributed by atoms with Crippen molar-refractivity contribution in [1.82, 2.24) is 0 Å². The number of aliphatic carboxylic acids is 1. The molecule has 1 fully saturated rings. The van der Waals surface area contributed by atoms with Crippen LogP contribution in [0.2, 0.25) is 0 Å². The number of esters is 1. The maximum atomic E-state index is 12.7. The standard InChI is InChI=1S/C20H22O5/c1-13-6-7-16-19(23)25-17(14-8-10-24-12-14)11-20(16,2)9-4-3-5-15(13)18(21)22/h3-5,8,10,12,16-17H,1,6-7,9,11H2,2H3,(H,21,22)/b4-3-,15-5+/t16-,17-,20-/m0/s1. The first kappa shape index (κ1) is 17.3. The molecule has 3 atom stereocenters. The largest absolute Gasteiger partial charge is 0.478 e. The van der Waals surface area contributed by atoms with E-state index in [0.717, 1.165) is 5.56 Å². The fourth-order valence-corrected chi connectivity index (χ4v) is 3.75. The average molecular weight is 342 g/mol. The fraction of sp³-hybridized carbons (Fsp3) is 0.400. The Bertz CT molecular complexity index is 740. The van der Waals surface area contributed by atoms with Crippen molar-refractivity contribution in [3.63, 3.8) is 0 Å². The number of ether oxygens (including phenoxy) is 1. The van der Waals surface area contributed by atoms with Crippen LogP contribution in [-0.4, -0.2) is 17.0 Å². The molecule has 2 aliphatic rings. The van der Waals surface area contributed by atoms with E-state index >= 15 is 0 Å². The van der Waals surface area contributed by atoms with Gasteiger partial charge in [0.05, 0.1) is 24.0 Å². The minimum absolute atomic E-state index is 0.195. The number of carbonyl (C=O) groups excluding carboxylic acids is 1. The fourth-order valence-electron chi connectivity index (χ4n) is 3.75. The highest BCUT2D eigenvalue weighted by Crippen LogP contribution is 2.49. The van der Waals surface area contributed by atoms with Crippen LogP contribution in [0, 0.1) is 11.3 Å². The summed E-state index contributed by atoms with van der Waals surface area (Å²) in [5, 5.41) is 9.30. The van der Waals surface area contributed by atoms with Gasteiger partial charge in [-0.15, -0.1) is 0 Å². The molecule has 3 rings (SSSR count). The lowest BCUT2D eigenvalue weighted by Crippen LogP contribution is -2.41. The predicted molar refractivity (Wildman–Crippen MR) is 91.6 cm³/mol. The highest BCUT2D eigenvalue weighted by Gasteiger charge is 2.46. The van der Waals surface area contributed by atoms with Gasteiger partial charge in [-0.1, -0.05) is 25.7 Å². The Hall–Kier alpha value is -2.56. The van der Waals surface area contributed by atoms with Crippen LogP contribution in [0.3, 0.4) is 0 Å². The van der Waals surface area contributed by atoms with E-state index in [4.69, 9.17) is 9.15 Å². The Balaban J connectivity index is 1.89. The number of rotatable bonds is 2. The van der Waals surface area contributed by atoms with Crippen LogP contribution < -0.4 is 0 Å². The SMILES string of the molecule is C=C1CC[C@H]2C(=O)O[C@H](c3ccoc3)C[C@]2(C)C/C=C\C=C/1C(=O)O. The van der Waals surface area contributed by atoms with Crippen LogP contribution in [0.5, 0.6) is 0 Å². The molecule has 1 aromatic heterocycles. The molecule has 0 bridgehead atoms. The van der Waals surface area contributed by atoms with Gasteiger partial charge >= 0.3 is 11.9 Å². The molecule has 1 saturated heterocycles. The predicted octanol–water partition coefficient (Wildman–Crippen LogP) is 4.20. The Morgan fingerprint density at radius 1 is 1.44 bits per heavy atom. The number of carboxylic acid groups (broad SMARTS) is 1. The third kappa shape index (κ3) is 3.45. The zero-order chi connectivity index (χ0) is 18.0. The van der Waals surface area contributed by atoms with Crippen LogP contribution in [0.1, 0.15) is 44.3 Å². The second-order valence-electron chi connectivity index (χ2n) is 7.05. The van der Waals surface area contributed by atoms with Crippen molar-refractivity contribution in [2.45, 2.75) is 38.7 Å². The highest BCUT2D eigenvalue weighted by atomic mass is 16.5. The Kier molecular flexibility index (Phi) is 4.66. The quantitative estimate of drug-likeness (QED) is 0.815. The summed E-state index contributed by atoms with van der Waals surface area (Å²) in [5.41, 5.74) is 1.33. The second-order valence-corrected chi connectivity index (χ2v) is 7.05. The van der Waals surface area contributed by atoms with E-state index < -0.39 is 5.97 Å². The normalized spacial score (nSPS) is 33.6. The van der Waals surface area contributed by atoms with E-state index in [1.54, 1.807) is 24.7 Å². The molecule has 5 heteroatoms. The van der Waals surface area contributed by atoms with Gasteiger partial charge in [-0.05, 0) is 48.8 Å². The molecule has 1 aliphatic carbocycles. The number of carbonyl (C=O) groups is 2. The van der Waals surface area contributed by atoms with Gasteiger partial charge < -0.3 is 14.3 Å². The molecule has 25 heavy (non-hydrogen) atoms. The van der Waals surface area contributed by atoms with E-state index in [1.807, 2.05) is 12.1 Å². The van der Waals surface area contributed by atoms with Gasteiger partial charge in [-0.25, -0.2) is 4.79 Å². The summed E-state index contributed by atoms with van der Waals surface area (Å²) < 4.78 is 10.8. The molecule has 0 unspecified atom stereocenters. The summed E-state index contributed by atoms with van der Waals surface area (Å²) >= 11 is 0. The van der Waals surface area contributed by atoms with Crippen LogP contribution in [0.4, 0.5) is 0 Å². The minimum Gasteiger partial charge on any atom is -0.478 e. The first-order chi connectivity index (χ1) is 11.9. The van der Waals surface area contributed by atoms with E-state index in [-0.39, 0.29) is 29.0 Å². The van der Waals surface area contributed by atoms with Gasteiger partial charge in [0, 0.05) is 5.56 Å². The Morgan fingerprint density at radius 2 is 2.24 bits per heavy atom. The lowest BCUT2D eigenvalue weighted by molar-refractivity contribution is -0.173. The van der Waals surface area contributed by atoms with Gasteiger partial charge in [0.25, 0.3) is 0 Å². The number of furan rings is 1. The van der Waals surface area contributed by atoms with Gasteiger partial charge in [-0.2, -0.15) is 0 Å². The van der Waals surface area contributed by atoms with Gasteiger partial charge in [0.1, 0.15) is 6.10 Å². The summed E-state index contributed by atoms with van der Waals surface area (Å²) in [5.74, 6) is -1.52. The Labute approximate surface area is 146 Å². The van der Waals surface area contributed by atoms with E-state index in [9.17, 15) is 14.7 Å². The van der Waals surface area contributed by atoms with Gasteiger partial charge in [0.2, 0.25) is 0 Å². The zero-order valence-electron chi connectivity index (χ0n) is 14.2. The summed E-state index contributed by atoms with van der Waals surface area (Å²) in [7, 11) is 0. The molecule has 0 amide bonds. The molecule has 0 saturated carbocycles. The minimum atomic E-state index is -0.996. The lowest BCUT2D eigenvalue weighted by atomic mass is 9.66. The topological polar surface area (TPSA) is 76.7 Å². The maximum absolute atomic E-state index is 12.7. The average Bonchev–Trinajstić information content (AvgIpc) is 3.07. The summed E-state index contributed by atoms with van der Waals surface area (Å²) in [4.78, 5) is 24.0. The first-order valence-electron chi connectivity index (χ1n) is 8.41. The molecule has 1 N–H and O–H groups in total. The molecule has 0 aromatic carbocycles. The van der Waals surface area contributed by atoms with Crippen molar-refractivity contribution >= 4 is 11.9 Å². The second kappa shape index (κ2) is 6.75. The number of allylic oxidation sites excluding steroid dienone is 3. The summed E-state index contributed by atoms with van der Waals surface area (Å²) in [6.45, 7) is 5.98. The highest BCUT2D eigenvalue weighted by molar-refractivity contribution is 5.92. The van der Waals surface area contributed by atoms with Crippen molar-refractivity contribution < 1.29 is 23.8 Å². The maximum Gasteiger partial charge on any atom is 0.335 e. The summed E-state index contributed by atoms with van der Waals surface area (Å²) in [6.07, 6.45) is 10.5. The van der Waals surface area contributed by atoms with Crippen LogP contribution in [0.25, 0.3) is 0 Å². The molecule has 0 spiro atoms.